The normalized spacial score (nSPS) is 13.6. The number of carbonyl (C=O) groups excluding carboxylic acids is 1. The number of ketones is 1. The average Bonchev–Trinajstić information content (AvgIpc) is 2.42. The molecule has 0 radical (unpaired) electrons. The molecule has 4 nitrogen and oxygen atoms in total. The molecule has 0 spiro atoms. The zero-order valence-corrected chi connectivity index (χ0v) is 12.3. The Morgan fingerprint density at radius 2 is 1.95 bits per heavy atom. The van der Waals surface area contributed by atoms with Crippen LogP contribution in [0.5, 0.6) is 5.75 Å². The Morgan fingerprint density at radius 3 is 2.45 bits per heavy atom. The molecular formula is C16H23NO3. The predicted molar refractivity (Wildman–Crippen MR) is 80.2 cm³/mol. The quantitative estimate of drug-likeness (QED) is 0.565. The van der Waals surface area contributed by atoms with Gasteiger partial charge in [-0.05, 0) is 50.6 Å². The molecule has 1 aromatic rings. The number of aliphatic hydroxyl groups is 1. The maximum atomic E-state index is 12.1. The van der Waals surface area contributed by atoms with Crippen molar-refractivity contribution in [3.63, 3.8) is 0 Å². The molecular weight excluding hydrogens is 254 g/mol. The Morgan fingerprint density at radius 1 is 1.35 bits per heavy atom. The fraction of sp³-hybridized carbons (Fsp3) is 0.438. The lowest BCUT2D eigenvalue weighted by Gasteiger charge is -2.14. The zero-order valence-electron chi connectivity index (χ0n) is 12.3. The zero-order chi connectivity index (χ0) is 15.1. The van der Waals surface area contributed by atoms with Crippen LogP contribution < -0.4 is 10.1 Å². The molecule has 4 heteroatoms. The second-order valence-corrected chi connectivity index (χ2v) is 5.11. The van der Waals surface area contributed by atoms with Gasteiger partial charge in [0.1, 0.15) is 12.4 Å². The number of hydrogen-bond donors (Lipinski definition) is 2. The molecule has 0 saturated heterocycles. The number of benzene rings is 1. The molecule has 0 aliphatic heterocycles. The summed E-state index contributed by atoms with van der Waals surface area (Å²) in [6.45, 7) is 10.00. The van der Waals surface area contributed by atoms with Gasteiger partial charge in [0.05, 0.1) is 12.1 Å². The summed E-state index contributed by atoms with van der Waals surface area (Å²) in [4.78, 5) is 12.1. The van der Waals surface area contributed by atoms with E-state index in [4.69, 9.17) is 4.74 Å². The lowest BCUT2D eigenvalue weighted by atomic mass is 10.1. The van der Waals surface area contributed by atoms with Gasteiger partial charge in [0.2, 0.25) is 0 Å². The van der Waals surface area contributed by atoms with E-state index < -0.39 is 6.10 Å². The molecule has 2 unspecified atom stereocenters. The van der Waals surface area contributed by atoms with Crippen LogP contribution in [0.3, 0.4) is 0 Å². The minimum atomic E-state index is -0.469. The van der Waals surface area contributed by atoms with Crippen molar-refractivity contribution in [1.82, 2.24) is 5.32 Å². The highest BCUT2D eigenvalue weighted by molar-refractivity contribution is 5.99. The summed E-state index contributed by atoms with van der Waals surface area (Å²) >= 11 is 0. The third-order valence-corrected chi connectivity index (χ3v) is 2.74. The lowest BCUT2D eigenvalue weighted by molar-refractivity contribution is 0.0941. The second kappa shape index (κ2) is 7.82. The topological polar surface area (TPSA) is 58.6 Å². The van der Waals surface area contributed by atoms with Crippen LogP contribution in [-0.4, -0.2) is 36.2 Å². The minimum absolute atomic E-state index is 0.00268. The molecule has 0 aliphatic rings. The van der Waals surface area contributed by atoms with E-state index in [9.17, 15) is 9.90 Å². The molecule has 0 aliphatic carbocycles. The Labute approximate surface area is 120 Å². The van der Waals surface area contributed by atoms with Gasteiger partial charge in [-0.2, -0.15) is 0 Å². The van der Waals surface area contributed by atoms with E-state index in [1.54, 1.807) is 38.1 Å². The summed E-state index contributed by atoms with van der Waals surface area (Å²) in [6, 6.07) is 6.72. The first kappa shape index (κ1) is 16.4. The third-order valence-electron chi connectivity index (χ3n) is 2.74. The van der Waals surface area contributed by atoms with Crippen LogP contribution in [0, 0.1) is 0 Å². The summed E-state index contributed by atoms with van der Waals surface area (Å²) in [5.41, 5.74) is 1.57. The Balaban J connectivity index is 2.58. The van der Waals surface area contributed by atoms with Gasteiger partial charge in [0.25, 0.3) is 0 Å². The van der Waals surface area contributed by atoms with E-state index in [1.807, 2.05) is 6.92 Å². The molecule has 2 atom stereocenters. The van der Waals surface area contributed by atoms with Crippen molar-refractivity contribution < 1.29 is 14.6 Å². The van der Waals surface area contributed by atoms with Crippen LogP contribution in [0.25, 0.3) is 0 Å². The van der Waals surface area contributed by atoms with Gasteiger partial charge in [-0.25, -0.2) is 0 Å². The number of rotatable bonds is 8. The van der Waals surface area contributed by atoms with E-state index in [-0.39, 0.29) is 11.8 Å². The molecule has 0 aromatic heterocycles. The van der Waals surface area contributed by atoms with E-state index in [2.05, 4.69) is 11.9 Å². The largest absolute Gasteiger partial charge is 0.489 e. The Hall–Kier alpha value is -1.65. The van der Waals surface area contributed by atoms with Crippen LogP contribution in [0.2, 0.25) is 0 Å². The smallest absolute Gasteiger partial charge is 0.179 e. The van der Waals surface area contributed by atoms with E-state index in [0.717, 1.165) is 5.57 Å². The molecule has 1 rings (SSSR count). The fourth-order valence-electron chi connectivity index (χ4n) is 1.61. The average molecular weight is 277 g/mol. The molecule has 0 bridgehead atoms. The van der Waals surface area contributed by atoms with Crippen molar-refractivity contribution in [2.24, 2.45) is 0 Å². The van der Waals surface area contributed by atoms with Gasteiger partial charge >= 0.3 is 0 Å². The molecule has 1 aromatic carbocycles. The Kier molecular flexibility index (Phi) is 6.42. The number of carbonyl (C=O) groups is 1. The molecule has 110 valence electrons. The predicted octanol–water partition coefficient (Wildman–Crippen LogP) is 2.18. The highest BCUT2D eigenvalue weighted by atomic mass is 16.5. The molecule has 0 heterocycles. The highest BCUT2D eigenvalue weighted by Crippen LogP contribution is 2.14. The van der Waals surface area contributed by atoms with Crippen LogP contribution in [0.1, 0.15) is 31.1 Å². The first-order chi connectivity index (χ1) is 9.40. The minimum Gasteiger partial charge on any atom is -0.489 e. The molecule has 0 amide bonds. The SMILES string of the molecule is C=C(C)COc1ccc(C(=O)C(C)NCC(C)O)cc1. The number of ether oxygens (including phenoxy) is 1. The summed E-state index contributed by atoms with van der Waals surface area (Å²) < 4.78 is 5.48. The van der Waals surface area contributed by atoms with Crippen molar-refractivity contribution in [3.05, 3.63) is 42.0 Å². The number of aliphatic hydroxyl groups excluding tert-OH is 1. The van der Waals surface area contributed by atoms with Gasteiger partial charge in [-0.15, -0.1) is 0 Å². The van der Waals surface area contributed by atoms with Gasteiger partial charge in [0.15, 0.2) is 5.78 Å². The standard InChI is InChI=1S/C16H23NO3/c1-11(2)10-20-15-7-5-14(6-8-15)16(19)13(4)17-9-12(3)18/h5-8,12-13,17-18H,1,9-10H2,2-4H3. The van der Waals surface area contributed by atoms with Crippen LogP contribution >= 0.6 is 0 Å². The number of Topliss-reactive ketones (excluding diaryl/α,β-unsaturated/α-hetero) is 1. The monoisotopic (exact) mass is 277 g/mol. The van der Waals surface area contributed by atoms with E-state index in [1.165, 1.54) is 0 Å². The van der Waals surface area contributed by atoms with Crippen molar-refractivity contribution in [2.45, 2.75) is 32.9 Å². The van der Waals surface area contributed by atoms with Gasteiger partial charge in [-0.3, -0.25) is 4.79 Å². The van der Waals surface area contributed by atoms with Crippen LogP contribution in [-0.2, 0) is 0 Å². The summed E-state index contributed by atoms with van der Waals surface area (Å²) in [5, 5.41) is 12.2. The molecule has 20 heavy (non-hydrogen) atoms. The first-order valence-electron chi connectivity index (χ1n) is 6.73. The summed E-state index contributed by atoms with van der Waals surface area (Å²) in [6.07, 6.45) is -0.469. The second-order valence-electron chi connectivity index (χ2n) is 5.11. The third kappa shape index (κ3) is 5.55. The summed E-state index contributed by atoms with van der Waals surface area (Å²) in [5.74, 6) is 0.714. The first-order valence-corrected chi connectivity index (χ1v) is 6.73. The molecule has 0 fully saturated rings. The number of nitrogens with one attached hydrogen (secondary N) is 1. The fourth-order valence-corrected chi connectivity index (χ4v) is 1.61. The van der Waals surface area contributed by atoms with Crippen LogP contribution in [0.4, 0.5) is 0 Å². The summed E-state index contributed by atoms with van der Waals surface area (Å²) in [7, 11) is 0. The number of hydrogen-bond acceptors (Lipinski definition) is 4. The maximum Gasteiger partial charge on any atom is 0.179 e. The van der Waals surface area contributed by atoms with Crippen LogP contribution in [0.15, 0.2) is 36.4 Å². The van der Waals surface area contributed by atoms with Gasteiger partial charge in [0, 0.05) is 12.1 Å². The van der Waals surface area contributed by atoms with E-state index >= 15 is 0 Å². The Bertz CT molecular complexity index is 451. The van der Waals surface area contributed by atoms with Crippen molar-refractivity contribution in [3.8, 4) is 5.75 Å². The van der Waals surface area contributed by atoms with Crippen molar-refractivity contribution in [2.75, 3.05) is 13.2 Å². The lowest BCUT2D eigenvalue weighted by Crippen LogP contribution is -2.38. The van der Waals surface area contributed by atoms with Gasteiger partial charge in [-0.1, -0.05) is 6.58 Å². The highest BCUT2D eigenvalue weighted by Gasteiger charge is 2.15. The van der Waals surface area contributed by atoms with E-state index in [0.29, 0.717) is 24.5 Å². The molecule has 2 N–H and O–H groups in total. The van der Waals surface area contributed by atoms with Crippen molar-refractivity contribution >= 4 is 5.78 Å². The molecule has 0 saturated carbocycles. The van der Waals surface area contributed by atoms with Gasteiger partial charge < -0.3 is 15.2 Å². The van der Waals surface area contributed by atoms with Crippen molar-refractivity contribution in [1.29, 1.82) is 0 Å². The maximum absolute atomic E-state index is 12.1.